The molecule has 3 heterocycles. The van der Waals surface area contributed by atoms with E-state index < -0.39 is 11.4 Å². The van der Waals surface area contributed by atoms with Crippen LogP contribution in [0.1, 0.15) is 24.3 Å². The van der Waals surface area contributed by atoms with Gasteiger partial charge in [-0.25, -0.2) is 4.98 Å². The molecule has 1 aliphatic rings. The number of carboxylic acids is 1. The summed E-state index contributed by atoms with van der Waals surface area (Å²) in [5.41, 5.74) is -0.357. The van der Waals surface area contributed by atoms with Gasteiger partial charge in [0.2, 0.25) is 5.91 Å². The first-order valence-corrected chi connectivity index (χ1v) is 9.33. The zero-order valence-corrected chi connectivity index (χ0v) is 15.7. The predicted octanol–water partition coefficient (Wildman–Crippen LogP) is 2.59. The maximum atomic E-state index is 12.7. The number of carboxylic acid groups (broad SMARTS) is 1. The molecule has 0 bridgehead atoms. The van der Waals surface area contributed by atoms with Crippen LogP contribution in [0.25, 0.3) is 10.8 Å². The van der Waals surface area contributed by atoms with E-state index in [1.807, 2.05) is 24.4 Å². The summed E-state index contributed by atoms with van der Waals surface area (Å²) in [5, 5.41) is 12.2. The van der Waals surface area contributed by atoms with Crippen LogP contribution in [0.15, 0.2) is 21.9 Å². The lowest BCUT2D eigenvalue weighted by atomic mass is 9.80. The number of piperidine rings is 1. The number of carbonyl (C=O) groups is 2. The van der Waals surface area contributed by atoms with Gasteiger partial charge >= 0.3 is 5.97 Å². The number of nitrogens with zero attached hydrogens (tertiary/aromatic N) is 2. The average molecular weight is 378 g/mol. The Balaban J connectivity index is 1.68. The van der Waals surface area contributed by atoms with E-state index in [-0.39, 0.29) is 25.5 Å². The van der Waals surface area contributed by atoms with Crippen molar-refractivity contribution in [2.45, 2.75) is 26.2 Å². The van der Waals surface area contributed by atoms with Gasteiger partial charge in [0.1, 0.15) is 11.2 Å². The maximum Gasteiger partial charge on any atom is 0.313 e. The van der Waals surface area contributed by atoms with Crippen molar-refractivity contribution >= 4 is 23.2 Å². The number of furan rings is 1. The number of aliphatic carboxylic acids is 1. The third kappa shape index (κ3) is 3.81. The number of likely N-dealkylation sites (tertiary alicyclic amines) is 1. The van der Waals surface area contributed by atoms with Crippen LogP contribution in [0.5, 0.6) is 0 Å². The van der Waals surface area contributed by atoms with Crippen molar-refractivity contribution < 1.29 is 23.8 Å². The topological polar surface area (TPSA) is 92.9 Å². The highest BCUT2D eigenvalue weighted by molar-refractivity contribution is 7.13. The Hall–Kier alpha value is -2.19. The van der Waals surface area contributed by atoms with Crippen LogP contribution >= 0.6 is 11.3 Å². The third-order valence-corrected chi connectivity index (χ3v) is 5.54. The summed E-state index contributed by atoms with van der Waals surface area (Å²) in [6, 6.07) is 3.73. The van der Waals surface area contributed by atoms with Crippen molar-refractivity contribution in [3.63, 3.8) is 0 Å². The zero-order valence-electron chi connectivity index (χ0n) is 14.9. The van der Waals surface area contributed by atoms with Crippen molar-refractivity contribution in [2.24, 2.45) is 5.41 Å². The van der Waals surface area contributed by atoms with Crippen LogP contribution in [0.2, 0.25) is 0 Å². The van der Waals surface area contributed by atoms with Crippen molar-refractivity contribution in [1.29, 1.82) is 0 Å². The number of carbonyl (C=O) groups excluding carboxylic acids is 1. The highest BCUT2D eigenvalue weighted by Gasteiger charge is 2.43. The second-order valence-corrected chi connectivity index (χ2v) is 7.53. The molecule has 8 heteroatoms. The molecule has 1 unspecified atom stereocenters. The highest BCUT2D eigenvalue weighted by Crippen LogP contribution is 2.31. The molecule has 2 aromatic rings. The maximum absolute atomic E-state index is 12.7. The van der Waals surface area contributed by atoms with Gasteiger partial charge in [0.15, 0.2) is 10.8 Å². The molecule has 0 spiro atoms. The first-order valence-electron chi connectivity index (χ1n) is 8.45. The largest absolute Gasteiger partial charge is 0.481 e. The molecule has 2 aromatic heterocycles. The fourth-order valence-electron chi connectivity index (χ4n) is 3.29. The van der Waals surface area contributed by atoms with Gasteiger partial charge in [0.05, 0.1) is 18.7 Å². The van der Waals surface area contributed by atoms with Crippen LogP contribution in [0.4, 0.5) is 0 Å². The highest BCUT2D eigenvalue weighted by atomic mass is 32.1. The predicted molar refractivity (Wildman–Crippen MR) is 96.0 cm³/mol. The van der Waals surface area contributed by atoms with E-state index in [9.17, 15) is 14.7 Å². The van der Waals surface area contributed by atoms with E-state index in [4.69, 9.17) is 9.15 Å². The second kappa shape index (κ2) is 7.59. The Labute approximate surface area is 155 Å². The number of hydrogen-bond donors (Lipinski definition) is 1. The summed E-state index contributed by atoms with van der Waals surface area (Å²) in [5.74, 6) is 0.471. The molecule has 26 heavy (non-hydrogen) atoms. The van der Waals surface area contributed by atoms with Gasteiger partial charge in [-0.2, -0.15) is 0 Å². The molecule has 7 nitrogen and oxygen atoms in total. The molecule has 1 amide bonds. The number of thiazole rings is 1. The molecular weight excluding hydrogens is 356 g/mol. The number of aryl methyl sites for hydroxylation is 1. The Morgan fingerprint density at radius 1 is 1.46 bits per heavy atom. The number of aromatic nitrogens is 1. The molecule has 3 rings (SSSR count). The first kappa shape index (κ1) is 18.6. The van der Waals surface area contributed by atoms with Crippen molar-refractivity contribution in [3.8, 4) is 10.8 Å². The standard InChI is InChI=1S/C18H22N2O5S/c1-12-4-5-14(25-12)16-19-13(9-26-16)8-15(21)20-7-3-6-18(10-20,11-24-2)17(22)23/h4-5,9H,3,6-8,10-11H2,1-2H3,(H,22,23). The fourth-order valence-corrected chi connectivity index (χ4v) is 4.07. The monoisotopic (exact) mass is 378 g/mol. The van der Waals surface area contributed by atoms with Gasteiger partial charge in [0.25, 0.3) is 0 Å². The van der Waals surface area contributed by atoms with E-state index >= 15 is 0 Å². The molecule has 0 aliphatic carbocycles. The van der Waals surface area contributed by atoms with Gasteiger partial charge in [-0.15, -0.1) is 11.3 Å². The molecule has 1 fully saturated rings. The Bertz CT molecular complexity index is 795. The lowest BCUT2D eigenvalue weighted by Gasteiger charge is -2.39. The third-order valence-electron chi connectivity index (χ3n) is 4.64. The molecule has 1 aliphatic heterocycles. The average Bonchev–Trinajstić information content (AvgIpc) is 3.24. The van der Waals surface area contributed by atoms with Crippen LogP contribution in [0, 0.1) is 12.3 Å². The number of ether oxygens (including phenoxy) is 1. The lowest BCUT2D eigenvalue weighted by Crippen LogP contribution is -2.52. The quantitative estimate of drug-likeness (QED) is 0.830. The summed E-state index contributed by atoms with van der Waals surface area (Å²) in [4.78, 5) is 30.5. The van der Waals surface area contributed by atoms with Crippen molar-refractivity contribution in [3.05, 3.63) is 29.0 Å². The summed E-state index contributed by atoms with van der Waals surface area (Å²) in [7, 11) is 1.48. The van der Waals surface area contributed by atoms with Gasteiger partial charge in [-0.1, -0.05) is 0 Å². The Morgan fingerprint density at radius 2 is 2.27 bits per heavy atom. The van der Waals surface area contributed by atoms with Gasteiger partial charge in [0, 0.05) is 25.6 Å². The SMILES string of the molecule is COCC1(C(=O)O)CCCN(C(=O)Cc2csc(-c3ccc(C)o3)n2)C1. The number of methoxy groups -OCH3 is 1. The smallest absolute Gasteiger partial charge is 0.313 e. The van der Waals surface area contributed by atoms with Gasteiger partial charge < -0.3 is 19.2 Å². The molecule has 1 atom stereocenters. The lowest BCUT2D eigenvalue weighted by molar-refractivity contribution is -0.159. The summed E-state index contributed by atoms with van der Waals surface area (Å²) < 4.78 is 10.7. The minimum absolute atomic E-state index is 0.102. The number of hydrogen-bond acceptors (Lipinski definition) is 6. The summed E-state index contributed by atoms with van der Waals surface area (Å²) >= 11 is 1.43. The van der Waals surface area contributed by atoms with Gasteiger partial charge in [-0.05, 0) is 31.9 Å². The molecular formula is C18H22N2O5S. The number of rotatable bonds is 6. The molecule has 1 N–H and O–H groups in total. The van der Waals surface area contributed by atoms with Crippen LogP contribution in [0.3, 0.4) is 0 Å². The summed E-state index contributed by atoms with van der Waals surface area (Å²) in [6.07, 6.45) is 1.31. The second-order valence-electron chi connectivity index (χ2n) is 6.67. The minimum Gasteiger partial charge on any atom is -0.481 e. The van der Waals surface area contributed by atoms with E-state index in [0.717, 1.165) is 10.8 Å². The van der Waals surface area contributed by atoms with Crippen molar-refractivity contribution in [2.75, 3.05) is 26.8 Å². The zero-order chi connectivity index (χ0) is 18.7. The van der Waals surface area contributed by atoms with Gasteiger partial charge in [-0.3, -0.25) is 9.59 Å². The first-order chi connectivity index (χ1) is 12.4. The summed E-state index contributed by atoms with van der Waals surface area (Å²) in [6.45, 7) is 2.70. The molecule has 0 saturated carbocycles. The van der Waals surface area contributed by atoms with E-state index in [1.165, 1.54) is 18.4 Å². The molecule has 140 valence electrons. The normalized spacial score (nSPS) is 20.3. The Kier molecular flexibility index (Phi) is 5.43. The van der Waals surface area contributed by atoms with E-state index in [1.54, 1.807) is 4.90 Å². The van der Waals surface area contributed by atoms with E-state index in [0.29, 0.717) is 30.8 Å². The molecule has 0 radical (unpaired) electrons. The van der Waals surface area contributed by atoms with E-state index in [2.05, 4.69) is 4.98 Å². The molecule has 1 saturated heterocycles. The van der Waals surface area contributed by atoms with Crippen LogP contribution in [-0.4, -0.2) is 53.7 Å². The fraction of sp³-hybridized carbons (Fsp3) is 0.500. The minimum atomic E-state index is -1.03. The van der Waals surface area contributed by atoms with Crippen LogP contribution in [-0.2, 0) is 20.7 Å². The van der Waals surface area contributed by atoms with Crippen LogP contribution < -0.4 is 0 Å². The van der Waals surface area contributed by atoms with Crippen molar-refractivity contribution in [1.82, 2.24) is 9.88 Å². The number of amides is 1. The Morgan fingerprint density at radius 3 is 2.92 bits per heavy atom. The molecule has 0 aromatic carbocycles.